The number of halogens is 1. The Morgan fingerprint density at radius 2 is 1.75 bits per heavy atom. The van der Waals surface area contributed by atoms with Crippen LogP contribution in [0, 0.1) is 18.3 Å². The summed E-state index contributed by atoms with van der Waals surface area (Å²) < 4.78 is 21.1. The third-order valence-corrected chi connectivity index (χ3v) is 15.3. The largest absolute Gasteiger partial charge is 0.507 e. The van der Waals surface area contributed by atoms with E-state index in [0.717, 1.165) is 85.7 Å². The summed E-state index contributed by atoms with van der Waals surface area (Å²) >= 11 is 1.56. The molecule has 2 aromatic heterocycles. The van der Waals surface area contributed by atoms with Gasteiger partial charge in [-0.05, 0) is 124 Å². The molecule has 2 aromatic carbocycles. The van der Waals surface area contributed by atoms with Crippen molar-refractivity contribution < 1.29 is 33.7 Å². The van der Waals surface area contributed by atoms with Gasteiger partial charge in [0.25, 0.3) is 5.91 Å². The predicted octanol–water partition coefficient (Wildman–Crippen LogP) is 7.59. The molecule has 69 heavy (non-hydrogen) atoms. The van der Waals surface area contributed by atoms with E-state index in [1.807, 2.05) is 48.8 Å². The summed E-state index contributed by atoms with van der Waals surface area (Å²) in [7, 11) is 0. The Labute approximate surface area is 409 Å². The highest BCUT2D eigenvalue weighted by molar-refractivity contribution is 7.13. The van der Waals surface area contributed by atoms with Gasteiger partial charge in [-0.25, -0.2) is 9.37 Å². The standard InChI is InChI=1S/C53H69FN8O6S/c1-34-47(69-33-57-34)36-15-16-37(29-56-49(65)44-28-38(63)32-62(44)50(66)48(52(2,3)4)58-51(67)53(54)21-22-53)46(27-36)68-26-12-8-6-5-7-11-23-61-24-19-35(20-25-61)40-30-55-31-41(40)43-18-17-42(59-60-43)39-13-9-10-14-45(39)64/h9-10,13-18,27,30,33,35,38,41,44,48,55,63-64H,5-8,11-12,19-26,28-29,31-32H2,1-4H3,(H,56,65)(H,58,67)/t38-,41?,44+,48-/m1/s1. The number of alkyl halides is 1. The van der Waals surface area contributed by atoms with E-state index in [1.165, 1.54) is 29.7 Å². The smallest absolute Gasteiger partial charge is 0.258 e. The number of para-hydroxylation sites is 1. The molecule has 5 heterocycles. The first-order valence-corrected chi connectivity index (χ1v) is 25.8. The number of unbranched alkanes of at least 4 members (excludes halogenated alkanes) is 5. The number of aromatic hydroxyl groups is 1. The number of carbonyl (C=O) groups excluding carboxylic acids is 3. The Balaban J connectivity index is 0.763. The first-order valence-electron chi connectivity index (χ1n) is 24.9. The number of aliphatic hydroxyl groups excluding tert-OH is 1. The first-order chi connectivity index (χ1) is 33.2. The van der Waals surface area contributed by atoms with Crippen LogP contribution in [-0.2, 0) is 20.9 Å². The Morgan fingerprint density at radius 3 is 2.45 bits per heavy atom. The molecule has 8 rings (SSSR count). The highest BCUT2D eigenvalue weighted by Gasteiger charge is 2.53. The molecule has 0 bridgehead atoms. The minimum atomic E-state index is -1.96. The van der Waals surface area contributed by atoms with Crippen LogP contribution in [-0.4, -0.2) is 116 Å². The summed E-state index contributed by atoms with van der Waals surface area (Å²) in [4.78, 5) is 49.8. The number of hydrogen-bond acceptors (Lipinski definition) is 12. The molecule has 4 aliphatic rings. The number of carbonyl (C=O) groups is 3. The number of benzene rings is 2. The van der Waals surface area contributed by atoms with Gasteiger partial charge in [-0.2, -0.15) is 10.2 Å². The first kappa shape index (κ1) is 50.0. The summed E-state index contributed by atoms with van der Waals surface area (Å²) in [5, 5.41) is 39.0. The van der Waals surface area contributed by atoms with E-state index in [1.54, 1.807) is 44.2 Å². The molecular weight excluding hydrogens is 896 g/mol. The van der Waals surface area contributed by atoms with Gasteiger partial charge in [0.15, 0.2) is 5.67 Å². The van der Waals surface area contributed by atoms with Crippen LogP contribution in [0.15, 0.2) is 71.9 Å². The Morgan fingerprint density at radius 1 is 1.00 bits per heavy atom. The second-order valence-corrected chi connectivity index (χ2v) is 21.3. The van der Waals surface area contributed by atoms with Crippen molar-refractivity contribution in [1.82, 2.24) is 40.9 Å². The SMILES string of the molecule is Cc1ncsc1-c1ccc(CNC(=O)[C@@H]2C[C@@H](O)CN2C(=O)[C@@H](NC(=O)C2(F)CC2)C(C)(C)C)c(OCCCCCCCCN2CCC(C3=CNCC3c3ccc(-c4ccccc4O)nn3)CC2)c1. The summed E-state index contributed by atoms with van der Waals surface area (Å²) in [6.07, 6.45) is 10.5. The second-order valence-electron chi connectivity index (χ2n) is 20.5. The van der Waals surface area contributed by atoms with E-state index in [0.29, 0.717) is 29.5 Å². The van der Waals surface area contributed by atoms with Gasteiger partial charge in [0.1, 0.15) is 23.6 Å². The topological polar surface area (TPSA) is 182 Å². The van der Waals surface area contributed by atoms with Gasteiger partial charge >= 0.3 is 0 Å². The van der Waals surface area contributed by atoms with E-state index in [-0.39, 0.29) is 44.0 Å². The van der Waals surface area contributed by atoms with Crippen LogP contribution in [0.1, 0.15) is 114 Å². The van der Waals surface area contributed by atoms with Crippen LogP contribution >= 0.6 is 11.3 Å². The molecule has 1 saturated carbocycles. The molecule has 0 radical (unpaired) electrons. The van der Waals surface area contributed by atoms with Crippen molar-refractivity contribution in [2.75, 3.05) is 39.3 Å². The Bertz CT molecular complexity index is 2450. The number of piperidine rings is 1. The van der Waals surface area contributed by atoms with E-state index in [9.17, 15) is 29.0 Å². The zero-order valence-corrected chi connectivity index (χ0v) is 41.3. The number of nitrogens with one attached hydrogen (secondary N) is 3. The van der Waals surface area contributed by atoms with E-state index >= 15 is 0 Å². The number of β-amino-alcohol motifs (C(OH)–C–C–N with tert-alkyl or cyclic N) is 1. The van der Waals surface area contributed by atoms with Crippen LogP contribution in [0.25, 0.3) is 21.7 Å². The molecule has 1 unspecified atom stereocenters. The van der Waals surface area contributed by atoms with E-state index in [4.69, 9.17) is 4.74 Å². The molecule has 3 amide bonds. The third kappa shape index (κ3) is 12.3. The molecule has 1 aliphatic carbocycles. The maximum atomic E-state index is 14.7. The molecule has 14 nitrogen and oxygen atoms in total. The highest BCUT2D eigenvalue weighted by atomic mass is 32.1. The number of nitrogens with zero attached hydrogens (tertiary/aromatic N) is 5. The molecule has 3 fully saturated rings. The minimum Gasteiger partial charge on any atom is -0.507 e. The van der Waals surface area contributed by atoms with Gasteiger partial charge in [0.05, 0.1) is 40.2 Å². The Kier molecular flexibility index (Phi) is 16.0. The molecule has 3 aliphatic heterocycles. The lowest BCUT2D eigenvalue weighted by molar-refractivity contribution is -0.145. The van der Waals surface area contributed by atoms with Gasteiger partial charge in [0, 0.05) is 43.1 Å². The average molecular weight is 965 g/mol. The highest BCUT2D eigenvalue weighted by Crippen LogP contribution is 2.41. The molecule has 4 atom stereocenters. The van der Waals surface area contributed by atoms with Crippen LogP contribution in [0.3, 0.4) is 0 Å². The predicted molar refractivity (Wildman–Crippen MR) is 265 cm³/mol. The number of amides is 3. The number of aliphatic hydroxyl groups is 1. The lowest BCUT2D eigenvalue weighted by atomic mass is 9.82. The van der Waals surface area contributed by atoms with Gasteiger partial charge in [-0.15, -0.1) is 11.3 Å². The number of aryl methyl sites for hydroxylation is 1. The second kappa shape index (κ2) is 22.1. The van der Waals surface area contributed by atoms with E-state index in [2.05, 4.69) is 48.3 Å². The summed E-state index contributed by atoms with van der Waals surface area (Å²) in [6.45, 7) is 12.1. The third-order valence-electron chi connectivity index (χ3n) is 14.3. The number of thiazole rings is 1. The van der Waals surface area contributed by atoms with Crippen molar-refractivity contribution in [2.45, 2.75) is 135 Å². The maximum absolute atomic E-state index is 14.7. The van der Waals surface area contributed by atoms with Crippen molar-refractivity contribution in [3.05, 3.63) is 88.8 Å². The maximum Gasteiger partial charge on any atom is 0.258 e. The monoisotopic (exact) mass is 965 g/mol. The number of phenols is 1. The van der Waals surface area contributed by atoms with Crippen molar-refractivity contribution in [1.29, 1.82) is 0 Å². The number of rotatable bonds is 20. The van der Waals surface area contributed by atoms with Gasteiger partial charge < -0.3 is 40.7 Å². The minimum absolute atomic E-state index is 0.0521. The van der Waals surface area contributed by atoms with Crippen molar-refractivity contribution in [3.63, 3.8) is 0 Å². The van der Waals surface area contributed by atoms with Crippen LogP contribution < -0.4 is 20.7 Å². The van der Waals surface area contributed by atoms with Crippen LogP contribution in [0.4, 0.5) is 4.39 Å². The fourth-order valence-electron chi connectivity index (χ4n) is 9.94. The van der Waals surface area contributed by atoms with Crippen molar-refractivity contribution in [3.8, 4) is 33.2 Å². The molecule has 16 heteroatoms. The summed E-state index contributed by atoms with van der Waals surface area (Å²) in [6, 6.07) is 15.1. The Hall–Kier alpha value is -5.45. The molecule has 2 saturated heterocycles. The summed E-state index contributed by atoms with van der Waals surface area (Å²) in [5.41, 5.74) is 5.56. The molecule has 5 N–H and O–H groups in total. The van der Waals surface area contributed by atoms with Crippen LogP contribution in [0.2, 0.25) is 0 Å². The molecular formula is C53H69FN8O6S. The van der Waals surface area contributed by atoms with Crippen molar-refractivity contribution >= 4 is 29.1 Å². The fourth-order valence-corrected chi connectivity index (χ4v) is 10.7. The number of likely N-dealkylation sites (tertiary alicyclic amines) is 2. The average Bonchev–Trinajstić information content (AvgIpc) is 3.64. The molecule has 370 valence electrons. The van der Waals surface area contributed by atoms with Crippen molar-refractivity contribution in [2.24, 2.45) is 11.3 Å². The zero-order chi connectivity index (χ0) is 48.7. The lowest BCUT2D eigenvalue weighted by Crippen LogP contribution is -2.59. The molecule has 0 spiro atoms. The van der Waals surface area contributed by atoms with E-state index < -0.39 is 47.0 Å². The molecule has 4 aromatic rings. The number of phenolic OH excluding ortho intramolecular Hbond substituents is 1. The fraction of sp³-hybridized carbons (Fsp3) is 0.547. The number of ether oxygens (including phenoxy) is 1. The quantitative estimate of drug-likeness (QED) is 0.0551. The van der Waals surface area contributed by atoms with Gasteiger partial charge in [0.2, 0.25) is 11.8 Å². The lowest BCUT2D eigenvalue weighted by Gasteiger charge is -2.35. The van der Waals surface area contributed by atoms with Crippen LogP contribution in [0.5, 0.6) is 11.5 Å². The summed E-state index contributed by atoms with van der Waals surface area (Å²) in [5.74, 6) is -0.133. The number of aromatic nitrogens is 3. The normalized spacial score (nSPS) is 20.8. The van der Waals surface area contributed by atoms with Gasteiger partial charge in [-0.1, -0.05) is 70.7 Å². The van der Waals surface area contributed by atoms with Gasteiger partial charge in [-0.3, -0.25) is 14.4 Å². The zero-order valence-electron chi connectivity index (χ0n) is 40.5. The number of hydrogen-bond donors (Lipinski definition) is 5.